The molecule has 0 aliphatic heterocycles. The fraction of sp³-hybridized carbons (Fsp3) is 0.231. The fourth-order valence-corrected chi connectivity index (χ4v) is 1.54. The lowest BCUT2D eigenvalue weighted by Gasteiger charge is -2.04. The molecule has 2 rings (SSSR count). The van der Waals surface area contributed by atoms with E-state index in [1.165, 1.54) is 6.07 Å². The molecule has 5 nitrogen and oxygen atoms in total. The molecule has 1 heterocycles. The Morgan fingerprint density at radius 3 is 2.83 bits per heavy atom. The Hall–Kier alpha value is -2.30. The topological polar surface area (TPSA) is 67.2 Å². The van der Waals surface area contributed by atoms with E-state index in [1.807, 2.05) is 6.92 Å². The van der Waals surface area contributed by atoms with Crippen LogP contribution >= 0.6 is 0 Å². The molecule has 0 radical (unpaired) electrons. The van der Waals surface area contributed by atoms with Gasteiger partial charge in [0.15, 0.2) is 5.82 Å². The summed E-state index contributed by atoms with van der Waals surface area (Å²) in [4.78, 5) is 11.9. The van der Waals surface area contributed by atoms with Gasteiger partial charge >= 0.3 is 0 Å². The van der Waals surface area contributed by atoms with Crippen LogP contribution in [0.15, 0.2) is 30.5 Å². The third-order valence-electron chi connectivity index (χ3n) is 2.68. The Kier molecular flexibility index (Phi) is 3.32. The molecule has 0 fully saturated rings. The minimum Gasteiger partial charge on any atom is -0.508 e. The molecule has 0 saturated carbocycles. The van der Waals surface area contributed by atoms with Crippen molar-refractivity contribution in [2.75, 3.05) is 5.32 Å². The van der Waals surface area contributed by atoms with Gasteiger partial charge in [0.1, 0.15) is 5.75 Å². The molecule has 0 unspecified atom stereocenters. The van der Waals surface area contributed by atoms with Gasteiger partial charge in [0.25, 0.3) is 5.91 Å². The molecule has 0 aliphatic rings. The van der Waals surface area contributed by atoms with E-state index in [4.69, 9.17) is 0 Å². The summed E-state index contributed by atoms with van der Waals surface area (Å²) in [5, 5.41) is 16.4. The molecule has 1 aromatic heterocycles. The Balaban J connectivity index is 2.14. The summed E-state index contributed by atoms with van der Waals surface area (Å²) >= 11 is 0. The van der Waals surface area contributed by atoms with E-state index < -0.39 is 0 Å². The van der Waals surface area contributed by atoms with E-state index in [0.29, 0.717) is 11.4 Å². The number of aromatic hydroxyl groups is 1. The average Bonchev–Trinajstić information content (AvgIpc) is 2.80. The second-order valence-electron chi connectivity index (χ2n) is 4.01. The summed E-state index contributed by atoms with van der Waals surface area (Å²) in [5.41, 5.74) is 1.14. The molecule has 1 aromatic carbocycles. The maximum Gasteiger partial charge on any atom is 0.256 e. The van der Waals surface area contributed by atoms with Crippen LogP contribution in [0.4, 0.5) is 5.82 Å². The molecule has 0 spiro atoms. The molecule has 2 aromatic rings. The predicted molar refractivity (Wildman–Crippen MR) is 68.7 cm³/mol. The predicted octanol–water partition coefficient (Wildman–Crippen LogP) is 2.17. The quantitative estimate of drug-likeness (QED) is 0.870. The smallest absolute Gasteiger partial charge is 0.256 e. The third-order valence-corrected chi connectivity index (χ3v) is 2.68. The number of phenolic OH excluding ortho intramolecular Hbond substituents is 1. The van der Waals surface area contributed by atoms with Crippen molar-refractivity contribution in [1.29, 1.82) is 0 Å². The zero-order valence-electron chi connectivity index (χ0n) is 10.3. The van der Waals surface area contributed by atoms with Crippen molar-refractivity contribution >= 4 is 11.7 Å². The zero-order valence-corrected chi connectivity index (χ0v) is 10.3. The molecule has 1 amide bonds. The SMILES string of the molecule is CCn1ccc(NC(=O)c2ccc(C)c(O)c2)n1. The van der Waals surface area contributed by atoms with Crippen LogP contribution in [0.2, 0.25) is 0 Å². The minimum atomic E-state index is -0.286. The third kappa shape index (κ3) is 2.51. The highest BCUT2D eigenvalue weighted by Crippen LogP contribution is 2.18. The molecule has 5 heteroatoms. The van der Waals surface area contributed by atoms with Crippen LogP contribution in [0.1, 0.15) is 22.8 Å². The number of benzene rings is 1. The van der Waals surface area contributed by atoms with Crippen molar-refractivity contribution in [3.05, 3.63) is 41.6 Å². The zero-order chi connectivity index (χ0) is 13.1. The van der Waals surface area contributed by atoms with E-state index in [9.17, 15) is 9.90 Å². The van der Waals surface area contributed by atoms with Gasteiger partial charge < -0.3 is 10.4 Å². The van der Waals surface area contributed by atoms with E-state index >= 15 is 0 Å². The van der Waals surface area contributed by atoms with E-state index in [-0.39, 0.29) is 11.7 Å². The van der Waals surface area contributed by atoms with Gasteiger partial charge in [-0.25, -0.2) is 0 Å². The van der Waals surface area contributed by atoms with Crippen molar-refractivity contribution in [2.45, 2.75) is 20.4 Å². The van der Waals surface area contributed by atoms with Gasteiger partial charge in [-0.3, -0.25) is 9.48 Å². The highest BCUT2D eigenvalue weighted by atomic mass is 16.3. The summed E-state index contributed by atoms with van der Waals surface area (Å²) in [6, 6.07) is 6.55. The number of nitrogens with zero attached hydrogens (tertiary/aromatic N) is 2. The summed E-state index contributed by atoms with van der Waals surface area (Å²) in [6.07, 6.45) is 1.79. The van der Waals surface area contributed by atoms with Crippen LogP contribution in [0.5, 0.6) is 5.75 Å². The highest BCUT2D eigenvalue weighted by Gasteiger charge is 2.09. The van der Waals surface area contributed by atoms with Crippen molar-refractivity contribution in [1.82, 2.24) is 9.78 Å². The number of rotatable bonds is 3. The van der Waals surface area contributed by atoms with Crippen LogP contribution in [-0.4, -0.2) is 20.8 Å². The molecule has 18 heavy (non-hydrogen) atoms. The number of carbonyl (C=O) groups is 1. The first-order chi connectivity index (χ1) is 8.60. The summed E-state index contributed by atoms with van der Waals surface area (Å²) in [5.74, 6) is 0.329. The van der Waals surface area contributed by atoms with E-state index in [1.54, 1.807) is 36.0 Å². The van der Waals surface area contributed by atoms with Crippen LogP contribution < -0.4 is 5.32 Å². The maximum absolute atomic E-state index is 11.9. The molecule has 2 N–H and O–H groups in total. The lowest BCUT2D eigenvalue weighted by Crippen LogP contribution is -2.12. The lowest BCUT2D eigenvalue weighted by molar-refractivity contribution is 0.102. The average molecular weight is 245 g/mol. The number of amides is 1. The normalized spacial score (nSPS) is 10.3. The molecule has 0 saturated heterocycles. The number of anilines is 1. The van der Waals surface area contributed by atoms with Crippen LogP contribution in [-0.2, 0) is 6.54 Å². The summed E-state index contributed by atoms with van der Waals surface area (Å²) in [7, 11) is 0. The molecular formula is C13H15N3O2. The first-order valence-electron chi connectivity index (χ1n) is 5.74. The second-order valence-corrected chi connectivity index (χ2v) is 4.01. The Morgan fingerprint density at radius 1 is 1.44 bits per heavy atom. The monoisotopic (exact) mass is 245 g/mol. The van der Waals surface area contributed by atoms with Gasteiger partial charge in [-0.1, -0.05) is 6.07 Å². The van der Waals surface area contributed by atoms with Gasteiger partial charge in [0, 0.05) is 24.4 Å². The number of hydrogen-bond acceptors (Lipinski definition) is 3. The highest BCUT2D eigenvalue weighted by molar-refractivity contribution is 6.04. The van der Waals surface area contributed by atoms with Crippen LogP contribution in [0, 0.1) is 6.92 Å². The standard InChI is InChI=1S/C13H15N3O2/c1-3-16-7-6-12(15-16)14-13(18)10-5-4-9(2)11(17)8-10/h4-8,17H,3H2,1-2H3,(H,14,15,18). The van der Waals surface area contributed by atoms with Gasteiger partial charge in [0.2, 0.25) is 0 Å². The number of aromatic nitrogens is 2. The number of carbonyl (C=O) groups excluding carboxylic acids is 1. The van der Waals surface area contributed by atoms with Crippen LogP contribution in [0.25, 0.3) is 0 Å². The number of nitrogens with one attached hydrogen (secondary N) is 1. The first kappa shape index (κ1) is 12.2. The first-order valence-corrected chi connectivity index (χ1v) is 5.74. The van der Waals surface area contributed by atoms with Gasteiger partial charge in [-0.2, -0.15) is 5.10 Å². The fourth-order valence-electron chi connectivity index (χ4n) is 1.54. The minimum absolute atomic E-state index is 0.113. The van der Waals surface area contributed by atoms with E-state index in [0.717, 1.165) is 12.1 Å². The Morgan fingerprint density at radius 2 is 2.22 bits per heavy atom. The summed E-state index contributed by atoms with van der Waals surface area (Å²) < 4.78 is 1.72. The molecular weight excluding hydrogens is 230 g/mol. The maximum atomic E-state index is 11.9. The number of aryl methyl sites for hydroxylation is 2. The van der Waals surface area contributed by atoms with Crippen molar-refractivity contribution in [3.8, 4) is 5.75 Å². The summed E-state index contributed by atoms with van der Waals surface area (Å²) in [6.45, 7) is 4.50. The molecule has 0 bridgehead atoms. The Bertz CT molecular complexity index is 575. The second kappa shape index (κ2) is 4.91. The largest absolute Gasteiger partial charge is 0.508 e. The lowest BCUT2D eigenvalue weighted by atomic mass is 10.1. The van der Waals surface area contributed by atoms with E-state index in [2.05, 4.69) is 10.4 Å². The van der Waals surface area contributed by atoms with Gasteiger partial charge in [-0.15, -0.1) is 0 Å². The van der Waals surface area contributed by atoms with Gasteiger partial charge in [0.05, 0.1) is 0 Å². The van der Waals surface area contributed by atoms with Crippen LogP contribution in [0.3, 0.4) is 0 Å². The Labute approximate surface area is 105 Å². The molecule has 0 atom stereocenters. The van der Waals surface area contributed by atoms with Crippen molar-refractivity contribution < 1.29 is 9.90 Å². The molecule has 0 aliphatic carbocycles. The number of hydrogen-bond donors (Lipinski definition) is 2. The van der Waals surface area contributed by atoms with Crippen molar-refractivity contribution in [2.24, 2.45) is 0 Å². The van der Waals surface area contributed by atoms with Gasteiger partial charge in [-0.05, 0) is 31.5 Å². The number of phenols is 1. The molecule has 94 valence electrons. The van der Waals surface area contributed by atoms with Crippen molar-refractivity contribution in [3.63, 3.8) is 0 Å².